The number of aryl methyl sites for hydroxylation is 1. The Kier molecular flexibility index (Phi) is 2.45. The van der Waals surface area contributed by atoms with Gasteiger partial charge in [0.05, 0.1) is 0 Å². The maximum absolute atomic E-state index is 11.1. The molecule has 0 atom stereocenters. The van der Waals surface area contributed by atoms with Crippen molar-refractivity contribution in [3.63, 3.8) is 0 Å². The lowest BCUT2D eigenvalue weighted by molar-refractivity contribution is 0.112. The minimum Gasteiger partial charge on any atom is -0.356 e. The van der Waals surface area contributed by atoms with Gasteiger partial charge < -0.3 is 4.52 Å². The van der Waals surface area contributed by atoms with Gasteiger partial charge in [0.2, 0.25) is 0 Å². The molecule has 0 aliphatic heterocycles. The molecule has 18 heavy (non-hydrogen) atoms. The highest BCUT2D eigenvalue weighted by molar-refractivity contribution is 5.97. The van der Waals surface area contributed by atoms with Crippen LogP contribution in [-0.2, 0) is 0 Å². The third-order valence-corrected chi connectivity index (χ3v) is 2.97. The molecule has 3 nitrogen and oxygen atoms in total. The van der Waals surface area contributed by atoms with E-state index >= 15 is 0 Å². The zero-order chi connectivity index (χ0) is 12.5. The zero-order valence-electron chi connectivity index (χ0n) is 9.88. The summed E-state index contributed by atoms with van der Waals surface area (Å²) in [6.45, 7) is 2.00. The van der Waals surface area contributed by atoms with Gasteiger partial charge in [0.1, 0.15) is 5.69 Å². The first-order valence-corrected chi connectivity index (χ1v) is 5.70. The van der Waals surface area contributed by atoms with Gasteiger partial charge in [0.25, 0.3) is 0 Å². The number of rotatable bonds is 2. The topological polar surface area (TPSA) is 43.1 Å². The highest BCUT2D eigenvalue weighted by Crippen LogP contribution is 2.30. The summed E-state index contributed by atoms with van der Waals surface area (Å²) in [5.41, 5.74) is 4.00. The van der Waals surface area contributed by atoms with Crippen molar-refractivity contribution < 1.29 is 9.32 Å². The molecule has 0 aliphatic rings. The molecule has 3 aromatic rings. The molecule has 2 aromatic carbocycles. The minimum atomic E-state index is 0.619. The van der Waals surface area contributed by atoms with E-state index in [1.165, 1.54) is 0 Å². The molecular weight excluding hydrogens is 226 g/mol. The second kappa shape index (κ2) is 4.11. The Bertz CT molecular complexity index is 728. The molecule has 0 unspecified atom stereocenters. The van der Waals surface area contributed by atoms with E-state index in [0.717, 1.165) is 28.4 Å². The summed E-state index contributed by atoms with van der Waals surface area (Å²) in [6, 6.07) is 13.3. The SMILES string of the molecule is Cc1ccc2c(-c3ccccc3C=O)noc2c1. The summed E-state index contributed by atoms with van der Waals surface area (Å²) < 4.78 is 5.32. The van der Waals surface area contributed by atoms with E-state index in [-0.39, 0.29) is 0 Å². The Balaban J connectivity index is 2.29. The van der Waals surface area contributed by atoms with E-state index in [9.17, 15) is 4.79 Å². The molecule has 0 saturated carbocycles. The predicted octanol–water partition coefficient (Wildman–Crippen LogP) is 3.62. The number of fused-ring (bicyclic) bond motifs is 1. The van der Waals surface area contributed by atoms with Crippen LogP contribution in [0.25, 0.3) is 22.2 Å². The molecule has 0 amide bonds. The standard InChI is InChI=1S/C15H11NO2/c1-10-6-7-13-14(8-10)18-16-15(13)12-5-3-2-4-11(12)9-17/h2-9H,1H3. The minimum absolute atomic E-state index is 0.619. The lowest BCUT2D eigenvalue weighted by atomic mass is 10.0. The average Bonchev–Trinajstić information content (AvgIpc) is 2.81. The summed E-state index contributed by atoms with van der Waals surface area (Å²) >= 11 is 0. The molecule has 0 bridgehead atoms. The monoisotopic (exact) mass is 237 g/mol. The molecule has 1 heterocycles. The van der Waals surface area contributed by atoms with Crippen LogP contribution in [0.1, 0.15) is 15.9 Å². The van der Waals surface area contributed by atoms with Crippen molar-refractivity contribution in [1.29, 1.82) is 0 Å². The fraction of sp³-hybridized carbons (Fsp3) is 0.0667. The maximum atomic E-state index is 11.1. The maximum Gasteiger partial charge on any atom is 0.167 e. The third kappa shape index (κ3) is 1.61. The van der Waals surface area contributed by atoms with Gasteiger partial charge in [-0.3, -0.25) is 4.79 Å². The number of carbonyl (C=O) groups is 1. The number of hydrogen-bond donors (Lipinski definition) is 0. The van der Waals surface area contributed by atoms with Gasteiger partial charge in [-0.05, 0) is 24.6 Å². The molecule has 3 heteroatoms. The van der Waals surface area contributed by atoms with Crippen LogP contribution in [0.4, 0.5) is 0 Å². The third-order valence-electron chi connectivity index (χ3n) is 2.97. The van der Waals surface area contributed by atoms with Crippen LogP contribution >= 0.6 is 0 Å². The van der Waals surface area contributed by atoms with Crippen LogP contribution in [0.3, 0.4) is 0 Å². The molecule has 3 rings (SSSR count). The number of nitrogens with zero attached hydrogens (tertiary/aromatic N) is 1. The van der Waals surface area contributed by atoms with Gasteiger partial charge in [-0.15, -0.1) is 0 Å². The van der Waals surface area contributed by atoms with Crippen molar-refractivity contribution in [2.45, 2.75) is 6.92 Å². The van der Waals surface area contributed by atoms with Crippen LogP contribution in [0, 0.1) is 6.92 Å². The van der Waals surface area contributed by atoms with E-state index in [2.05, 4.69) is 5.16 Å². The van der Waals surface area contributed by atoms with Crippen molar-refractivity contribution in [2.24, 2.45) is 0 Å². The first kappa shape index (κ1) is 10.7. The molecule has 0 spiro atoms. The quantitative estimate of drug-likeness (QED) is 0.639. The Morgan fingerprint density at radius 1 is 1.17 bits per heavy atom. The summed E-state index contributed by atoms with van der Waals surface area (Å²) in [7, 11) is 0. The number of aromatic nitrogens is 1. The van der Waals surface area contributed by atoms with Crippen LogP contribution < -0.4 is 0 Å². The highest BCUT2D eigenvalue weighted by Gasteiger charge is 2.13. The molecule has 0 radical (unpaired) electrons. The van der Waals surface area contributed by atoms with Crippen molar-refractivity contribution >= 4 is 17.3 Å². The lowest BCUT2D eigenvalue weighted by Crippen LogP contribution is -1.87. The molecule has 1 aromatic heterocycles. The highest BCUT2D eigenvalue weighted by atomic mass is 16.5. The van der Waals surface area contributed by atoms with Crippen LogP contribution in [0.15, 0.2) is 47.0 Å². The second-order valence-corrected chi connectivity index (χ2v) is 4.24. The normalized spacial score (nSPS) is 10.7. The first-order valence-electron chi connectivity index (χ1n) is 5.70. The van der Waals surface area contributed by atoms with Crippen LogP contribution in [0.5, 0.6) is 0 Å². The number of benzene rings is 2. The van der Waals surface area contributed by atoms with E-state index in [4.69, 9.17) is 4.52 Å². The van der Waals surface area contributed by atoms with E-state index in [0.29, 0.717) is 11.3 Å². The molecule has 0 aliphatic carbocycles. The summed E-state index contributed by atoms with van der Waals surface area (Å²) in [5, 5.41) is 5.01. The second-order valence-electron chi connectivity index (χ2n) is 4.24. The van der Waals surface area contributed by atoms with Crippen LogP contribution in [-0.4, -0.2) is 11.4 Å². The average molecular weight is 237 g/mol. The Morgan fingerprint density at radius 3 is 2.83 bits per heavy atom. The molecular formula is C15H11NO2. The summed E-state index contributed by atoms with van der Waals surface area (Å²) in [5.74, 6) is 0. The predicted molar refractivity (Wildman–Crippen MR) is 69.6 cm³/mol. The Morgan fingerprint density at radius 2 is 2.00 bits per heavy atom. The van der Waals surface area contributed by atoms with Gasteiger partial charge in [0.15, 0.2) is 11.9 Å². The first-order chi connectivity index (χ1) is 8.79. The van der Waals surface area contributed by atoms with Gasteiger partial charge in [-0.2, -0.15) is 0 Å². The van der Waals surface area contributed by atoms with E-state index < -0.39 is 0 Å². The molecule has 0 saturated heterocycles. The smallest absolute Gasteiger partial charge is 0.167 e. The zero-order valence-corrected chi connectivity index (χ0v) is 9.88. The number of carbonyl (C=O) groups excluding carboxylic acids is 1. The number of hydrogen-bond acceptors (Lipinski definition) is 3. The summed E-state index contributed by atoms with van der Waals surface area (Å²) in [4.78, 5) is 11.1. The fourth-order valence-electron chi connectivity index (χ4n) is 2.05. The fourth-order valence-corrected chi connectivity index (χ4v) is 2.05. The van der Waals surface area contributed by atoms with Gasteiger partial charge >= 0.3 is 0 Å². The number of aldehydes is 1. The Hall–Kier alpha value is -2.42. The van der Waals surface area contributed by atoms with Crippen molar-refractivity contribution in [2.75, 3.05) is 0 Å². The Labute approximate surface area is 104 Å². The van der Waals surface area contributed by atoms with Crippen molar-refractivity contribution in [3.05, 3.63) is 53.6 Å². The van der Waals surface area contributed by atoms with Crippen molar-refractivity contribution in [3.8, 4) is 11.3 Å². The molecule has 0 fully saturated rings. The van der Waals surface area contributed by atoms with Gasteiger partial charge in [-0.1, -0.05) is 35.5 Å². The largest absolute Gasteiger partial charge is 0.356 e. The molecule has 0 N–H and O–H groups in total. The van der Waals surface area contributed by atoms with Gasteiger partial charge in [0, 0.05) is 16.5 Å². The lowest BCUT2D eigenvalue weighted by Gasteiger charge is -2.00. The van der Waals surface area contributed by atoms with Crippen LogP contribution in [0.2, 0.25) is 0 Å². The van der Waals surface area contributed by atoms with E-state index in [1.807, 2.05) is 43.3 Å². The van der Waals surface area contributed by atoms with E-state index in [1.54, 1.807) is 6.07 Å². The molecule has 88 valence electrons. The summed E-state index contributed by atoms with van der Waals surface area (Å²) in [6.07, 6.45) is 0.837. The van der Waals surface area contributed by atoms with Crippen molar-refractivity contribution in [1.82, 2.24) is 5.16 Å². The van der Waals surface area contributed by atoms with Gasteiger partial charge in [-0.25, -0.2) is 0 Å².